The molecule has 1 aliphatic rings. The van der Waals surface area contributed by atoms with Crippen LogP contribution in [0.1, 0.15) is 35.0 Å². The molecule has 0 fully saturated rings. The van der Waals surface area contributed by atoms with Crippen molar-refractivity contribution < 1.29 is 23.2 Å². The molecule has 37 heavy (non-hydrogen) atoms. The minimum atomic E-state index is -2.90. The monoisotopic (exact) mass is 507 g/mol. The van der Waals surface area contributed by atoms with Crippen molar-refractivity contribution in [3.63, 3.8) is 0 Å². The van der Waals surface area contributed by atoms with Gasteiger partial charge in [-0.05, 0) is 28.8 Å². The van der Waals surface area contributed by atoms with Crippen LogP contribution in [0.4, 0.5) is 26.2 Å². The Bertz CT molecular complexity index is 1410. The molecule has 1 amide bonds. The quantitative estimate of drug-likeness (QED) is 0.325. The molecule has 0 saturated heterocycles. The van der Waals surface area contributed by atoms with Crippen LogP contribution in [-0.2, 0) is 17.8 Å². The highest BCUT2D eigenvalue weighted by molar-refractivity contribution is 5.81. The van der Waals surface area contributed by atoms with Crippen LogP contribution in [-0.4, -0.2) is 49.7 Å². The van der Waals surface area contributed by atoms with Gasteiger partial charge in [-0.25, -0.2) is 13.8 Å². The van der Waals surface area contributed by atoms with Crippen LogP contribution >= 0.6 is 0 Å². The Labute approximate surface area is 210 Å². The van der Waals surface area contributed by atoms with Gasteiger partial charge in [0.15, 0.2) is 0 Å². The van der Waals surface area contributed by atoms with Crippen molar-refractivity contribution in [2.24, 2.45) is 0 Å². The molecule has 12 heteroatoms. The summed E-state index contributed by atoms with van der Waals surface area (Å²) in [5.74, 6) is -0.452. The highest BCUT2D eigenvalue weighted by Gasteiger charge is 2.23. The van der Waals surface area contributed by atoms with E-state index in [0.717, 1.165) is 16.7 Å². The van der Waals surface area contributed by atoms with Crippen molar-refractivity contribution in [2.45, 2.75) is 25.4 Å². The van der Waals surface area contributed by atoms with E-state index in [4.69, 9.17) is 4.52 Å². The predicted molar refractivity (Wildman–Crippen MR) is 130 cm³/mol. The van der Waals surface area contributed by atoms with Crippen molar-refractivity contribution in [1.29, 1.82) is 0 Å². The number of hydrogen-bond acceptors (Lipinski definition) is 9. The van der Waals surface area contributed by atoms with E-state index < -0.39 is 18.3 Å². The number of alkyl halides is 2. The normalized spacial score (nSPS) is 14.0. The topological polar surface area (TPSA) is 129 Å². The summed E-state index contributed by atoms with van der Waals surface area (Å²) < 4.78 is 31.2. The van der Waals surface area contributed by atoms with Crippen LogP contribution in [0.2, 0.25) is 0 Å². The molecule has 3 N–H and O–H groups in total. The first-order chi connectivity index (χ1) is 17.9. The molecule has 5 rings (SSSR count). The molecule has 0 bridgehead atoms. The van der Waals surface area contributed by atoms with Gasteiger partial charge in [-0.3, -0.25) is 4.79 Å². The lowest BCUT2D eigenvalue weighted by atomic mass is 9.99. The maximum Gasteiger partial charge on any atom is 0.300 e. The molecule has 190 valence electrons. The molecule has 3 heterocycles. The maximum atomic E-state index is 13.1. The molecule has 2 aromatic heterocycles. The van der Waals surface area contributed by atoms with Crippen molar-refractivity contribution in [3.8, 4) is 11.5 Å². The Kier molecular flexibility index (Phi) is 6.73. The lowest BCUT2D eigenvalue weighted by Crippen LogP contribution is -2.32. The number of aromatic nitrogens is 4. The number of nitrogens with one attached hydrogen (secondary N) is 2. The van der Waals surface area contributed by atoms with Gasteiger partial charge in [-0.1, -0.05) is 41.6 Å². The molecule has 0 saturated carbocycles. The number of hydrogen-bond donors (Lipinski definition) is 3. The van der Waals surface area contributed by atoms with E-state index in [9.17, 15) is 18.7 Å². The van der Waals surface area contributed by atoms with Gasteiger partial charge < -0.3 is 25.2 Å². The van der Waals surface area contributed by atoms with E-state index in [0.29, 0.717) is 18.7 Å². The molecule has 0 spiro atoms. The van der Waals surface area contributed by atoms with E-state index in [1.165, 1.54) is 6.20 Å². The molecule has 4 aromatic rings. The van der Waals surface area contributed by atoms with Gasteiger partial charge in [0.1, 0.15) is 11.4 Å². The molecule has 0 radical (unpaired) electrons. The van der Waals surface area contributed by atoms with Crippen LogP contribution in [0, 0.1) is 0 Å². The Hall–Kier alpha value is -4.45. The lowest BCUT2D eigenvalue weighted by molar-refractivity contribution is -0.130. The van der Waals surface area contributed by atoms with Gasteiger partial charge in [-0.2, -0.15) is 9.97 Å². The van der Waals surface area contributed by atoms with E-state index in [1.807, 2.05) is 48.5 Å². The van der Waals surface area contributed by atoms with E-state index >= 15 is 0 Å². The second-order valence-electron chi connectivity index (χ2n) is 8.54. The number of aliphatic hydroxyl groups is 1. The van der Waals surface area contributed by atoms with E-state index in [1.54, 1.807) is 11.9 Å². The van der Waals surface area contributed by atoms with Gasteiger partial charge in [0, 0.05) is 25.5 Å². The van der Waals surface area contributed by atoms with Gasteiger partial charge in [-0.15, -0.1) is 0 Å². The Balaban J connectivity index is 1.48. The highest BCUT2D eigenvalue weighted by Crippen LogP contribution is 2.31. The number of carbonyl (C=O) groups is 1. The molecule has 1 aliphatic heterocycles. The minimum absolute atomic E-state index is 0.0655. The first kappa shape index (κ1) is 24.3. The minimum Gasteiger partial charge on any atom is -0.394 e. The number of likely N-dealkylation sites (N-methyl/N-ethyl adjacent to an activating group) is 1. The van der Waals surface area contributed by atoms with Crippen molar-refractivity contribution in [3.05, 3.63) is 77.2 Å². The molecular weight excluding hydrogens is 484 g/mol. The standard InChI is InChI=1S/C25H23F2N7O3/c1-34-12-16-9-17(8-7-15(16)10-20(34)36)29-25-28-11-18(24-31-23(21(26)27)33-37-24)22(32-25)30-19(13-35)14-5-3-2-4-6-14/h2-9,11,19,21,35H,10,12-13H2,1H3,(H2,28,29,30,32)/t19-/m1/s1. The summed E-state index contributed by atoms with van der Waals surface area (Å²) in [5.41, 5.74) is 3.67. The van der Waals surface area contributed by atoms with E-state index in [2.05, 4.69) is 30.7 Å². The third kappa shape index (κ3) is 5.23. The number of anilines is 3. The summed E-state index contributed by atoms with van der Waals surface area (Å²) in [6, 6.07) is 14.3. The van der Waals surface area contributed by atoms with Gasteiger partial charge >= 0.3 is 6.43 Å². The lowest BCUT2D eigenvalue weighted by Gasteiger charge is -2.25. The maximum absolute atomic E-state index is 13.1. The zero-order chi connectivity index (χ0) is 25.9. The number of fused-ring (bicyclic) bond motifs is 1. The zero-order valence-electron chi connectivity index (χ0n) is 19.7. The summed E-state index contributed by atoms with van der Waals surface area (Å²) in [4.78, 5) is 26.2. The SMILES string of the molecule is CN1Cc2cc(Nc3ncc(-c4nc(C(F)F)no4)c(N[C@H](CO)c4ccccc4)n3)ccc2CC1=O. The highest BCUT2D eigenvalue weighted by atomic mass is 19.3. The number of carbonyl (C=O) groups excluding carboxylic acids is 1. The largest absolute Gasteiger partial charge is 0.394 e. The van der Waals surface area contributed by atoms with Crippen LogP contribution in [0.25, 0.3) is 11.5 Å². The van der Waals surface area contributed by atoms with Gasteiger partial charge in [0.2, 0.25) is 17.7 Å². The Morgan fingerprint density at radius 3 is 2.68 bits per heavy atom. The van der Waals surface area contributed by atoms with Gasteiger partial charge in [0.25, 0.3) is 5.89 Å². The number of rotatable bonds is 8. The number of amides is 1. The Morgan fingerprint density at radius 2 is 1.95 bits per heavy atom. The second kappa shape index (κ2) is 10.3. The summed E-state index contributed by atoms with van der Waals surface area (Å²) >= 11 is 0. The summed E-state index contributed by atoms with van der Waals surface area (Å²) in [5, 5.41) is 19.6. The second-order valence-corrected chi connectivity index (χ2v) is 8.54. The molecule has 0 unspecified atom stereocenters. The predicted octanol–water partition coefficient (Wildman–Crippen LogP) is 3.87. The fourth-order valence-corrected chi connectivity index (χ4v) is 4.02. The summed E-state index contributed by atoms with van der Waals surface area (Å²) in [6.07, 6.45) is -1.17. The number of nitrogens with zero attached hydrogens (tertiary/aromatic N) is 5. The first-order valence-corrected chi connectivity index (χ1v) is 11.5. The molecular formula is C25H23F2N7O3. The first-order valence-electron chi connectivity index (χ1n) is 11.5. The molecule has 1 atom stereocenters. The van der Waals surface area contributed by atoms with Crippen molar-refractivity contribution >= 4 is 23.4 Å². The fraction of sp³-hybridized carbons (Fsp3) is 0.240. The summed E-state index contributed by atoms with van der Waals surface area (Å²) in [6.45, 7) is 0.231. The van der Waals surface area contributed by atoms with Crippen molar-refractivity contribution in [1.82, 2.24) is 25.0 Å². The number of aliphatic hydroxyl groups excluding tert-OH is 1. The van der Waals surface area contributed by atoms with Gasteiger partial charge in [0.05, 0.1) is 19.1 Å². The van der Waals surface area contributed by atoms with E-state index in [-0.39, 0.29) is 35.7 Å². The number of benzene rings is 2. The average molecular weight is 508 g/mol. The third-order valence-electron chi connectivity index (χ3n) is 5.99. The summed E-state index contributed by atoms with van der Waals surface area (Å²) in [7, 11) is 1.76. The van der Waals surface area contributed by atoms with Crippen LogP contribution in [0.15, 0.2) is 59.3 Å². The van der Waals surface area contributed by atoms with Crippen molar-refractivity contribution in [2.75, 3.05) is 24.3 Å². The molecule has 10 nitrogen and oxygen atoms in total. The van der Waals surface area contributed by atoms with Crippen LogP contribution < -0.4 is 10.6 Å². The smallest absolute Gasteiger partial charge is 0.300 e. The van der Waals surface area contributed by atoms with Crippen LogP contribution in [0.5, 0.6) is 0 Å². The molecule has 2 aromatic carbocycles. The third-order valence-corrected chi connectivity index (χ3v) is 5.99. The van der Waals surface area contributed by atoms with Crippen LogP contribution in [0.3, 0.4) is 0 Å². The Morgan fingerprint density at radius 1 is 1.14 bits per heavy atom. The number of halogens is 2. The fourth-order valence-electron chi connectivity index (χ4n) is 4.02. The average Bonchev–Trinajstić information content (AvgIpc) is 3.39. The zero-order valence-corrected chi connectivity index (χ0v) is 19.7. The molecule has 0 aliphatic carbocycles.